The molecule has 1 aromatic heterocycles. The molecule has 0 radical (unpaired) electrons. The molecular weight excluding hydrogens is 214 g/mol. The highest BCUT2D eigenvalue weighted by Gasteiger charge is 2.09. The van der Waals surface area contributed by atoms with Gasteiger partial charge in [-0.25, -0.2) is 0 Å². The topological polar surface area (TPSA) is 31.2 Å². The summed E-state index contributed by atoms with van der Waals surface area (Å²) < 4.78 is 6.70. The van der Waals surface area contributed by atoms with E-state index in [1.807, 2.05) is 11.5 Å². The van der Waals surface area contributed by atoms with Crippen molar-refractivity contribution in [3.8, 4) is 0 Å². The van der Waals surface area contributed by atoms with Crippen LogP contribution in [0.15, 0.2) is 24.3 Å². The Labute approximate surface area is 101 Å². The summed E-state index contributed by atoms with van der Waals surface area (Å²) in [5, 5.41) is 1.19. The highest BCUT2D eigenvalue weighted by atomic mass is 16.5. The minimum Gasteiger partial charge on any atom is -0.468 e. The third-order valence-electron chi connectivity index (χ3n) is 3.10. The molecule has 0 N–H and O–H groups in total. The molecular formula is C14H17NO2. The zero-order valence-corrected chi connectivity index (χ0v) is 10.5. The predicted octanol–water partition coefficient (Wildman–Crippen LogP) is 2.69. The summed E-state index contributed by atoms with van der Waals surface area (Å²) in [6.45, 7) is 4.42. The van der Waals surface area contributed by atoms with Crippen molar-refractivity contribution < 1.29 is 9.53 Å². The molecule has 0 aliphatic carbocycles. The van der Waals surface area contributed by atoms with Gasteiger partial charge in [0.2, 0.25) is 0 Å². The van der Waals surface area contributed by atoms with Crippen molar-refractivity contribution in [3.05, 3.63) is 35.5 Å². The fourth-order valence-corrected chi connectivity index (χ4v) is 2.08. The van der Waals surface area contributed by atoms with Crippen LogP contribution >= 0.6 is 0 Å². The van der Waals surface area contributed by atoms with Crippen molar-refractivity contribution >= 4 is 16.9 Å². The zero-order valence-electron chi connectivity index (χ0n) is 10.5. The van der Waals surface area contributed by atoms with Crippen LogP contribution in [0.5, 0.6) is 0 Å². The predicted molar refractivity (Wildman–Crippen MR) is 68.1 cm³/mol. The smallest absolute Gasteiger partial charge is 0.325 e. The molecule has 90 valence electrons. The second-order valence-corrected chi connectivity index (χ2v) is 4.19. The van der Waals surface area contributed by atoms with Gasteiger partial charge >= 0.3 is 5.97 Å². The summed E-state index contributed by atoms with van der Waals surface area (Å²) in [6, 6.07) is 8.47. The Morgan fingerprint density at radius 3 is 2.76 bits per heavy atom. The minimum absolute atomic E-state index is 0.217. The molecule has 1 heterocycles. The number of hydrogen-bond donors (Lipinski definition) is 0. The normalized spacial score (nSPS) is 10.8. The van der Waals surface area contributed by atoms with Crippen molar-refractivity contribution in [2.24, 2.45) is 0 Å². The molecule has 17 heavy (non-hydrogen) atoms. The number of carbonyl (C=O) groups is 1. The van der Waals surface area contributed by atoms with E-state index < -0.39 is 0 Å². The van der Waals surface area contributed by atoms with E-state index in [1.165, 1.54) is 18.1 Å². The number of rotatable bonds is 3. The average Bonchev–Trinajstić information content (AvgIpc) is 2.64. The SMILES string of the molecule is CCc1ccc2c(c1)cc(C)n2CC(=O)OC. The van der Waals surface area contributed by atoms with Gasteiger partial charge in [-0.15, -0.1) is 0 Å². The lowest BCUT2D eigenvalue weighted by Gasteiger charge is -2.06. The fourth-order valence-electron chi connectivity index (χ4n) is 2.08. The lowest BCUT2D eigenvalue weighted by atomic mass is 10.1. The van der Waals surface area contributed by atoms with Crippen LogP contribution in [0.25, 0.3) is 10.9 Å². The molecule has 3 heteroatoms. The van der Waals surface area contributed by atoms with Crippen LogP contribution in [0, 0.1) is 6.92 Å². The second-order valence-electron chi connectivity index (χ2n) is 4.19. The Balaban J connectivity index is 2.48. The number of nitrogens with zero attached hydrogens (tertiary/aromatic N) is 1. The Morgan fingerprint density at radius 1 is 1.35 bits per heavy atom. The van der Waals surface area contributed by atoms with E-state index in [2.05, 4.69) is 31.2 Å². The van der Waals surface area contributed by atoms with Gasteiger partial charge in [-0.3, -0.25) is 4.79 Å². The lowest BCUT2D eigenvalue weighted by Crippen LogP contribution is -2.12. The molecule has 0 spiro atoms. The van der Waals surface area contributed by atoms with Crippen LogP contribution in [-0.4, -0.2) is 17.6 Å². The highest BCUT2D eigenvalue weighted by molar-refractivity contribution is 5.83. The summed E-state index contributed by atoms with van der Waals surface area (Å²) in [5.74, 6) is -0.217. The number of fused-ring (bicyclic) bond motifs is 1. The molecule has 0 aliphatic heterocycles. The molecule has 0 bridgehead atoms. The first-order chi connectivity index (χ1) is 8.15. The van der Waals surface area contributed by atoms with Gasteiger partial charge in [0.15, 0.2) is 0 Å². The second kappa shape index (κ2) is 4.62. The summed E-state index contributed by atoms with van der Waals surface area (Å²) in [4.78, 5) is 11.4. The molecule has 2 rings (SSSR count). The summed E-state index contributed by atoms with van der Waals surface area (Å²) >= 11 is 0. The maximum Gasteiger partial charge on any atom is 0.325 e. The van der Waals surface area contributed by atoms with E-state index in [0.717, 1.165) is 17.6 Å². The average molecular weight is 231 g/mol. The third kappa shape index (κ3) is 2.18. The number of aromatic nitrogens is 1. The molecule has 1 aromatic carbocycles. The van der Waals surface area contributed by atoms with Crippen LogP contribution in [-0.2, 0) is 22.5 Å². The summed E-state index contributed by atoms with van der Waals surface area (Å²) in [5.41, 5.74) is 3.48. The number of aryl methyl sites for hydroxylation is 2. The maximum atomic E-state index is 11.4. The first-order valence-corrected chi connectivity index (χ1v) is 5.81. The zero-order chi connectivity index (χ0) is 12.4. The highest BCUT2D eigenvalue weighted by Crippen LogP contribution is 2.21. The van der Waals surface area contributed by atoms with Crippen LogP contribution in [0.2, 0.25) is 0 Å². The van der Waals surface area contributed by atoms with E-state index in [4.69, 9.17) is 4.74 Å². The van der Waals surface area contributed by atoms with E-state index in [1.54, 1.807) is 0 Å². The Kier molecular flexibility index (Phi) is 3.18. The van der Waals surface area contributed by atoms with Gasteiger partial charge in [0.1, 0.15) is 6.54 Å². The van der Waals surface area contributed by atoms with Gasteiger partial charge in [0.25, 0.3) is 0 Å². The molecule has 0 unspecified atom stereocenters. The molecule has 0 saturated heterocycles. The van der Waals surface area contributed by atoms with Crippen LogP contribution in [0.1, 0.15) is 18.2 Å². The summed E-state index contributed by atoms with van der Waals surface area (Å²) in [7, 11) is 1.42. The van der Waals surface area contributed by atoms with Gasteiger partial charge in [-0.2, -0.15) is 0 Å². The number of carbonyl (C=O) groups excluding carboxylic acids is 1. The summed E-state index contributed by atoms with van der Waals surface area (Å²) in [6.07, 6.45) is 1.02. The molecule has 2 aromatic rings. The number of methoxy groups -OCH3 is 1. The standard InChI is InChI=1S/C14H17NO2/c1-4-11-5-6-13-12(8-11)7-10(2)15(13)9-14(16)17-3/h5-8H,4,9H2,1-3H3. The molecule has 0 aliphatic rings. The molecule has 0 saturated carbocycles. The third-order valence-corrected chi connectivity index (χ3v) is 3.10. The fraction of sp³-hybridized carbons (Fsp3) is 0.357. The van der Waals surface area contributed by atoms with Crippen LogP contribution < -0.4 is 0 Å². The first kappa shape index (κ1) is 11.7. The Hall–Kier alpha value is -1.77. The van der Waals surface area contributed by atoms with Gasteiger partial charge in [0, 0.05) is 16.6 Å². The van der Waals surface area contributed by atoms with E-state index >= 15 is 0 Å². The van der Waals surface area contributed by atoms with E-state index in [-0.39, 0.29) is 12.5 Å². The van der Waals surface area contributed by atoms with Crippen molar-refractivity contribution in [2.45, 2.75) is 26.8 Å². The first-order valence-electron chi connectivity index (χ1n) is 5.81. The van der Waals surface area contributed by atoms with E-state index in [0.29, 0.717) is 0 Å². The van der Waals surface area contributed by atoms with Crippen molar-refractivity contribution in [1.29, 1.82) is 0 Å². The molecule has 0 atom stereocenters. The van der Waals surface area contributed by atoms with Crippen molar-refractivity contribution in [1.82, 2.24) is 4.57 Å². The van der Waals surface area contributed by atoms with Gasteiger partial charge in [-0.05, 0) is 37.1 Å². The lowest BCUT2D eigenvalue weighted by molar-refractivity contribution is -0.141. The molecule has 0 fully saturated rings. The molecule has 3 nitrogen and oxygen atoms in total. The Bertz CT molecular complexity index is 555. The number of hydrogen-bond acceptors (Lipinski definition) is 2. The van der Waals surface area contributed by atoms with E-state index in [9.17, 15) is 4.79 Å². The van der Waals surface area contributed by atoms with Crippen LogP contribution in [0.3, 0.4) is 0 Å². The van der Waals surface area contributed by atoms with Crippen LogP contribution in [0.4, 0.5) is 0 Å². The number of ether oxygens (including phenoxy) is 1. The maximum absolute atomic E-state index is 11.4. The quantitative estimate of drug-likeness (QED) is 0.760. The number of benzene rings is 1. The van der Waals surface area contributed by atoms with Gasteiger partial charge in [0.05, 0.1) is 7.11 Å². The van der Waals surface area contributed by atoms with Crippen molar-refractivity contribution in [2.75, 3.05) is 7.11 Å². The largest absolute Gasteiger partial charge is 0.468 e. The Morgan fingerprint density at radius 2 is 2.12 bits per heavy atom. The number of esters is 1. The van der Waals surface area contributed by atoms with Gasteiger partial charge < -0.3 is 9.30 Å². The monoisotopic (exact) mass is 231 g/mol. The molecule has 0 amide bonds. The van der Waals surface area contributed by atoms with Crippen molar-refractivity contribution in [3.63, 3.8) is 0 Å². The minimum atomic E-state index is -0.217. The van der Waals surface area contributed by atoms with Gasteiger partial charge in [-0.1, -0.05) is 13.0 Å².